The van der Waals surface area contributed by atoms with E-state index in [1.807, 2.05) is 34.9 Å². The third-order valence-electron chi connectivity index (χ3n) is 3.06. The third kappa shape index (κ3) is 1.98. The number of rotatable bonds is 3. The van der Waals surface area contributed by atoms with Gasteiger partial charge in [0.25, 0.3) is 0 Å². The zero-order valence-electron chi connectivity index (χ0n) is 10.4. The largest absolute Gasteiger partial charge is 0.382 e. The molecule has 0 amide bonds. The Morgan fingerprint density at radius 1 is 1.50 bits per heavy atom. The molecule has 0 aliphatic rings. The first-order valence-electron chi connectivity index (χ1n) is 5.75. The Morgan fingerprint density at radius 3 is 2.89 bits per heavy atom. The summed E-state index contributed by atoms with van der Waals surface area (Å²) in [7, 11) is 0. The Labute approximate surface area is 107 Å². The molecule has 1 aromatic carbocycles. The van der Waals surface area contributed by atoms with Gasteiger partial charge in [-0.2, -0.15) is 0 Å². The molecule has 0 aliphatic carbocycles. The first-order valence-corrected chi connectivity index (χ1v) is 5.75. The van der Waals surface area contributed by atoms with Gasteiger partial charge in [0.05, 0.1) is 12.2 Å². The minimum absolute atomic E-state index is 0.435. The van der Waals surface area contributed by atoms with Gasteiger partial charge in [-0.3, -0.25) is 0 Å². The van der Waals surface area contributed by atoms with Gasteiger partial charge in [-0.25, -0.2) is 0 Å². The average molecular weight is 237 g/mol. The van der Waals surface area contributed by atoms with Crippen LogP contribution in [0.15, 0.2) is 48.2 Å². The van der Waals surface area contributed by atoms with E-state index in [0.717, 1.165) is 16.6 Å². The van der Waals surface area contributed by atoms with E-state index in [-0.39, 0.29) is 0 Å². The number of para-hydroxylation sites is 1. The zero-order valence-corrected chi connectivity index (χ0v) is 10.4. The van der Waals surface area contributed by atoms with Crippen LogP contribution in [0.4, 0.5) is 0 Å². The maximum atomic E-state index is 10.3. The van der Waals surface area contributed by atoms with Gasteiger partial charge in [0.1, 0.15) is 6.10 Å². The molecule has 0 spiro atoms. The molecule has 0 fully saturated rings. The SMILES string of the molecule is C#CCn1c(C(O)C(C)=C=C)cc2ccccc21. The first kappa shape index (κ1) is 12.3. The molecule has 2 heteroatoms. The van der Waals surface area contributed by atoms with E-state index >= 15 is 0 Å². The van der Waals surface area contributed by atoms with Gasteiger partial charge in [0.2, 0.25) is 0 Å². The molecule has 2 nitrogen and oxygen atoms in total. The number of aromatic nitrogens is 1. The molecule has 1 aromatic heterocycles. The van der Waals surface area contributed by atoms with Crippen LogP contribution in [0.1, 0.15) is 18.7 Å². The summed E-state index contributed by atoms with van der Waals surface area (Å²) in [6, 6.07) is 9.89. The van der Waals surface area contributed by atoms with Crippen LogP contribution in [0.2, 0.25) is 0 Å². The Kier molecular flexibility index (Phi) is 3.39. The van der Waals surface area contributed by atoms with E-state index in [1.165, 1.54) is 0 Å². The number of hydrogen-bond acceptors (Lipinski definition) is 1. The Bertz CT molecular complexity index is 666. The topological polar surface area (TPSA) is 25.2 Å². The molecule has 0 saturated heterocycles. The van der Waals surface area contributed by atoms with Crippen molar-refractivity contribution in [3.8, 4) is 12.3 Å². The second-order valence-corrected chi connectivity index (χ2v) is 4.18. The number of terminal acetylenes is 1. The summed E-state index contributed by atoms with van der Waals surface area (Å²) in [5, 5.41) is 11.3. The normalized spacial score (nSPS) is 11.8. The number of aliphatic hydroxyl groups excluding tert-OH is 1. The molecule has 0 saturated carbocycles. The summed E-state index contributed by atoms with van der Waals surface area (Å²) >= 11 is 0. The molecule has 90 valence electrons. The molecule has 0 radical (unpaired) electrons. The summed E-state index contributed by atoms with van der Waals surface area (Å²) < 4.78 is 1.95. The molecule has 2 rings (SSSR count). The summed E-state index contributed by atoms with van der Waals surface area (Å²) in [5.74, 6) is 2.62. The van der Waals surface area contributed by atoms with E-state index in [2.05, 4.69) is 18.2 Å². The highest BCUT2D eigenvalue weighted by atomic mass is 16.3. The lowest BCUT2D eigenvalue weighted by atomic mass is 10.1. The van der Waals surface area contributed by atoms with Crippen molar-refractivity contribution >= 4 is 10.9 Å². The lowest BCUT2D eigenvalue weighted by molar-refractivity contribution is 0.207. The van der Waals surface area contributed by atoms with Crippen LogP contribution in [0.3, 0.4) is 0 Å². The molecule has 2 aromatic rings. The summed E-state index contributed by atoms with van der Waals surface area (Å²) in [6.07, 6.45) is 4.68. The van der Waals surface area contributed by atoms with Gasteiger partial charge in [0, 0.05) is 11.1 Å². The van der Waals surface area contributed by atoms with Gasteiger partial charge in [-0.05, 0) is 24.4 Å². The molecule has 0 aliphatic heterocycles. The molecular weight excluding hydrogens is 222 g/mol. The van der Waals surface area contributed by atoms with Crippen LogP contribution in [-0.4, -0.2) is 9.67 Å². The van der Waals surface area contributed by atoms with Crippen molar-refractivity contribution in [3.05, 3.63) is 53.9 Å². The monoisotopic (exact) mass is 237 g/mol. The van der Waals surface area contributed by atoms with Gasteiger partial charge in [-0.15, -0.1) is 12.2 Å². The van der Waals surface area contributed by atoms with Crippen molar-refractivity contribution in [2.75, 3.05) is 0 Å². The molecule has 0 bridgehead atoms. The molecule has 1 atom stereocenters. The van der Waals surface area contributed by atoms with Crippen LogP contribution in [0.5, 0.6) is 0 Å². The molecule has 18 heavy (non-hydrogen) atoms. The van der Waals surface area contributed by atoms with Crippen molar-refractivity contribution in [3.63, 3.8) is 0 Å². The fourth-order valence-corrected chi connectivity index (χ4v) is 2.04. The van der Waals surface area contributed by atoms with Crippen molar-refractivity contribution in [1.82, 2.24) is 4.57 Å². The number of benzene rings is 1. The quantitative estimate of drug-likeness (QED) is 0.644. The number of aliphatic hydroxyl groups is 1. The fraction of sp³-hybridized carbons (Fsp3) is 0.188. The minimum atomic E-state index is -0.719. The van der Waals surface area contributed by atoms with E-state index in [1.54, 1.807) is 6.92 Å². The van der Waals surface area contributed by atoms with E-state index in [4.69, 9.17) is 6.42 Å². The fourth-order valence-electron chi connectivity index (χ4n) is 2.04. The predicted molar refractivity (Wildman–Crippen MR) is 74.1 cm³/mol. The molecular formula is C16H15NO. The van der Waals surface area contributed by atoms with Gasteiger partial charge >= 0.3 is 0 Å². The van der Waals surface area contributed by atoms with Crippen molar-refractivity contribution in [2.45, 2.75) is 19.6 Å². The molecule has 1 heterocycles. The van der Waals surface area contributed by atoms with Gasteiger partial charge < -0.3 is 9.67 Å². The second kappa shape index (κ2) is 4.98. The molecule has 1 N–H and O–H groups in total. The van der Waals surface area contributed by atoms with Gasteiger partial charge in [0.15, 0.2) is 0 Å². The lowest BCUT2D eigenvalue weighted by Gasteiger charge is -2.13. The number of hydrogen-bond donors (Lipinski definition) is 1. The third-order valence-corrected chi connectivity index (χ3v) is 3.06. The first-order chi connectivity index (χ1) is 8.69. The zero-order chi connectivity index (χ0) is 13.1. The maximum Gasteiger partial charge on any atom is 0.122 e. The van der Waals surface area contributed by atoms with Crippen molar-refractivity contribution in [2.24, 2.45) is 0 Å². The van der Waals surface area contributed by atoms with E-state index in [0.29, 0.717) is 12.1 Å². The highest BCUT2D eigenvalue weighted by molar-refractivity contribution is 5.81. The number of fused-ring (bicyclic) bond motifs is 1. The Morgan fingerprint density at radius 2 is 2.22 bits per heavy atom. The van der Waals surface area contributed by atoms with Crippen LogP contribution in [0, 0.1) is 12.3 Å². The lowest BCUT2D eigenvalue weighted by Crippen LogP contribution is -2.07. The number of nitrogens with zero attached hydrogens (tertiary/aromatic N) is 1. The predicted octanol–water partition coefficient (Wildman–Crippen LogP) is 3.04. The Balaban J connectivity index is 2.66. The van der Waals surface area contributed by atoms with E-state index < -0.39 is 6.10 Å². The Hall–Kier alpha value is -2.20. The standard InChI is InChI=1S/C16H15NO/c1-4-10-17-14-9-7-6-8-13(14)11-15(17)16(18)12(3)5-2/h1,6-9,11,16,18H,2,10H2,3H3. The summed E-state index contributed by atoms with van der Waals surface area (Å²) in [5.41, 5.74) is 5.23. The minimum Gasteiger partial charge on any atom is -0.382 e. The van der Waals surface area contributed by atoms with Crippen LogP contribution in [0.25, 0.3) is 10.9 Å². The van der Waals surface area contributed by atoms with E-state index in [9.17, 15) is 5.11 Å². The highest BCUT2D eigenvalue weighted by Gasteiger charge is 2.16. The summed E-state index contributed by atoms with van der Waals surface area (Å²) in [6.45, 7) is 5.80. The van der Waals surface area contributed by atoms with Crippen molar-refractivity contribution in [1.29, 1.82) is 0 Å². The van der Waals surface area contributed by atoms with Crippen molar-refractivity contribution < 1.29 is 5.11 Å². The average Bonchev–Trinajstić information content (AvgIpc) is 2.76. The smallest absolute Gasteiger partial charge is 0.122 e. The maximum absolute atomic E-state index is 10.3. The van der Waals surface area contributed by atoms with Crippen LogP contribution >= 0.6 is 0 Å². The highest BCUT2D eigenvalue weighted by Crippen LogP contribution is 2.27. The molecule has 1 unspecified atom stereocenters. The van der Waals surface area contributed by atoms with Gasteiger partial charge in [-0.1, -0.05) is 30.7 Å². The van der Waals surface area contributed by atoms with Crippen LogP contribution < -0.4 is 0 Å². The summed E-state index contributed by atoms with van der Waals surface area (Å²) in [4.78, 5) is 0. The second-order valence-electron chi connectivity index (χ2n) is 4.18. The van der Waals surface area contributed by atoms with Crippen LogP contribution in [-0.2, 0) is 6.54 Å².